The second kappa shape index (κ2) is 4.74. The average molecular weight is 228 g/mol. The number of nitrogens with zero attached hydrogens (tertiary/aromatic N) is 1. The quantitative estimate of drug-likeness (QED) is 0.863. The predicted octanol–water partition coefficient (Wildman–Crippen LogP) is 3.85. The van der Waals surface area contributed by atoms with Crippen LogP contribution in [0.3, 0.4) is 0 Å². The lowest BCUT2D eigenvalue weighted by Gasteiger charge is -2.14. The topological polar surface area (TPSA) is 24.9 Å². The number of para-hydroxylation sites is 1. The standard InChI is InChI=1S/C15H20N2/c1-5-7-12-8-6-9-13-14(16-4)10(2)11(3)17-15(12)13/h6,8-9H,5,7H2,1-4H3,(H,16,17). The molecule has 0 unspecified atom stereocenters. The van der Waals surface area contributed by atoms with Gasteiger partial charge in [-0.05, 0) is 31.4 Å². The SMILES string of the molecule is CCCc1cccc2c(NC)c(C)c(C)nc12. The number of benzene rings is 1. The van der Waals surface area contributed by atoms with Crippen molar-refractivity contribution in [1.29, 1.82) is 0 Å². The van der Waals surface area contributed by atoms with Crippen molar-refractivity contribution in [3.05, 3.63) is 35.0 Å². The molecule has 2 heteroatoms. The van der Waals surface area contributed by atoms with Crippen molar-refractivity contribution >= 4 is 16.6 Å². The van der Waals surface area contributed by atoms with Crippen molar-refractivity contribution in [2.24, 2.45) is 0 Å². The van der Waals surface area contributed by atoms with E-state index in [4.69, 9.17) is 4.98 Å². The minimum absolute atomic E-state index is 1.09. The van der Waals surface area contributed by atoms with Gasteiger partial charge in [-0.25, -0.2) is 0 Å². The third-order valence-corrected chi connectivity index (χ3v) is 3.36. The van der Waals surface area contributed by atoms with Crippen LogP contribution < -0.4 is 5.32 Å². The molecule has 0 radical (unpaired) electrons. The molecule has 2 aromatic rings. The molecule has 1 aromatic heterocycles. The van der Waals surface area contributed by atoms with E-state index in [0.29, 0.717) is 0 Å². The molecule has 0 fully saturated rings. The molecule has 2 rings (SSSR count). The van der Waals surface area contributed by atoms with E-state index >= 15 is 0 Å². The van der Waals surface area contributed by atoms with Crippen LogP contribution in [0.4, 0.5) is 5.69 Å². The van der Waals surface area contributed by atoms with Crippen LogP contribution in [0.2, 0.25) is 0 Å². The predicted molar refractivity (Wildman–Crippen MR) is 74.8 cm³/mol. The monoisotopic (exact) mass is 228 g/mol. The molecule has 0 amide bonds. The molecule has 0 atom stereocenters. The summed E-state index contributed by atoms with van der Waals surface area (Å²) in [6.45, 7) is 6.41. The van der Waals surface area contributed by atoms with E-state index in [2.05, 4.69) is 44.3 Å². The highest BCUT2D eigenvalue weighted by atomic mass is 14.8. The Morgan fingerprint density at radius 1 is 1.24 bits per heavy atom. The summed E-state index contributed by atoms with van der Waals surface area (Å²) >= 11 is 0. The number of rotatable bonds is 3. The summed E-state index contributed by atoms with van der Waals surface area (Å²) in [4.78, 5) is 4.76. The summed E-state index contributed by atoms with van der Waals surface area (Å²) < 4.78 is 0. The molecular weight excluding hydrogens is 208 g/mol. The molecule has 1 aromatic carbocycles. The summed E-state index contributed by atoms with van der Waals surface area (Å²) in [6, 6.07) is 6.47. The van der Waals surface area contributed by atoms with E-state index in [9.17, 15) is 0 Å². The Kier molecular flexibility index (Phi) is 3.32. The van der Waals surface area contributed by atoms with Gasteiger partial charge in [-0.1, -0.05) is 31.5 Å². The molecular formula is C15H20N2. The Morgan fingerprint density at radius 3 is 2.65 bits per heavy atom. The van der Waals surface area contributed by atoms with Crippen LogP contribution in [-0.2, 0) is 6.42 Å². The fourth-order valence-corrected chi connectivity index (χ4v) is 2.35. The Morgan fingerprint density at radius 2 is 2.00 bits per heavy atom. The Labute approximate surface area is 103 Å². The first-order valence-electron chi connectivity index (χ1n) is 6.25. The van der Waals surface area contributed by atoms with Crippen LogP contribution >= 0.6 is 0 Å². The number of pyridine rings is 1. The van der Waals surface area contributed by atoms with Gasteiger partial charge in [0.25, 0.3) is 0 Å². The molecule has 0 spiro atoms. The highest BCUT2D eigenvalue weighted by Gasteiger charge is 2.10. The van der Waals surface area contributed by atoms with Crippen molar-refractivity contribution in [3.8, 4) is 0 Å². The first kappa shape index (κ1) is 11.9. The zero-order chi connectivity index (χ0) is 12.4. The molecule has 0 saturated heterocycles. The third kappa shape index (κ3) is 1.99. The maximum absolute atomic E-state index is 4.76. The molecule has 2 nitrogen and oxygen atoms in total. The largest absolute Gasteiger partial charge is 0.387 e. The second-order valence-corrected chi connectivity index (χ2v) is 4.51. The fraction of sp³-hybridized carbons (Fsp3) is 0.400. The van der Waals surface area contributed by atoms with E-state index in [1.54, 1.807) is 0 Å². The number of fused-ring (bicyclic) bond motifs is 1. The summed E-state index contributed by atoms with van der Waals surface area (Å²) in [5, 5.41) is 4.55. The highest BCUT2D eigenvalue weighted by Crippen LogP contribution is 2.29. The van der Waals surface area contributed by atoms with Gasteiger partial charge in [-0.3, -0.25) is 4.98 Å². The molecule has 1 N–H and O–H groups in total. The number of hydrogen-bond donors (Lipinski definition) is 1. The molecule has 90 valence electrons. The smallest absolute Gasteiger partial charge is 0.0758 e. The van der Waals surface area contributed by atoms with Gasteiger partial charge in [0, 0.05) is 23.8 Å². The van der Waals surface area contributed by atoms with Gasteiger partial charge in [0.1, 0.15) is 0 Å². The Hall–Kier alpha value is -1.57. The van der Waals surface area contributed by atoms with Crippen molar-refractivity contribution in [3.63, 3.8) is 0 Å². The molecule has 0 aliphatic rings. The van der Waals surface area contributed by atoms with Gasteiger partial charge in [0.05, 0.1) is 5.52 Å². The normalized spacial score (nSPS) is 10.8. The first-order valence-corrected chi connectivity index (χ1v) is 6.25. The Balaban J connectivity index is 2.79. The van der Waals surface area contributed by atoms with Crippen LogP contribution in [0.1, 0.15) is 30.2 Å². The minimum atomic E-state index is 1.09. The molecule has 0 bridgehead atoms. The molecule has 1 heterocycles. The summed E-state index contributed by atoms with van der Waals surface area (Å²) in [5.41, 5.74) is 6.08. The highest BCUT2D eigenvalue weighted by molar-refractivity contribution is 5.95. The van der Waals surface area contributed by atoms with Gasteiger partial charge < -0.3 is 5.32 Å². The van der Waals surface area contributed by atoms with Crippen LogP contribution in [0.15, 0.2) is 18.2 Å². The van der Waals surface area contributed by atoms with Crippen molar-refractivity contribution in [2.45, 2.75) is 33.6 Å². The molecule has 17 heavy (non-hydrogen) atoms. The maximum Gasteiger partial charge on any atom is 0.0758 e. The van der Waals surface area contributed by atoms with E-state index in [0.717, 1.165) is 24.1 Å². The minimum Gasteiger partial charge on any atom is -0.387 e. The van der Waals surface area contributed by atoms with Gasteiger partial charge in [0.15, 0.2) is 0 Å². The first-order chi connectivity index (χ1) is 8.19. The van der Waals surface area contributed by atoms with Crippen LogP contribution in [0, 0.1) is 13.8 Å². The lowest BCUT2D eigenvalue weighted by molar-refractivity contribution is 0.925. The van der Waals surface area contributed by atoms with E-state index in [-0.39, 0.29) is 0 Å². The Bertz CT molecular complexity index is 544. The fourth-order valence-electron chi connectivity index (χ4n) is 2.35. The summed E-state index contributed by atoms with van der Waals surface area (Å²) in [5.74, 6) is 0. The number of anilines is 1. The molecule has 0 aliphatic carbocycles. The van der Waals surface area contributed by atoms with Gasteiger partial charge in [0.2, 0.25) is 0 Å². The maximum atomic E-state index is 4.76. The number of aryl methyl sites for hydroxylation is 2. The number of aromatic nitrogens is 1. The second-order valence-electron chi connectivity index (χ2n) is 4.51. The van der Waals surface area contributed by atoms with Gasteiger partial charge >= 0.3 is 0 Å². The van der Waals surface area contributed by atoms with Crippen molar-refractivity contribution in [2.75, 3.05) is 12.4 Å². The summed E-state index contributed by atoms with van der Waals surface area (Å²) in [7, 11) is 1.98. The van der Waals surface area contributed by atoms with E-state index in [1.807, 2.05) is 7.05 Å². The number of nitrogens with one attached hydrogen (secondary N) is 1. The van der Waals surface area contributed by atoms with E-state index < -0.39 is 0 Å². The van der Waals surface area contributed by atoms with Gasteiger partial charge in [-0.15, -0.1) is 0 Å². The number of hydrogen-bond acceptors (Lipinski definition) is 2. The van der Waals surface area contributed by atoms with Crippen molar-refractivity contribution in [1.82, 2.24) is 4.98 Å². The average Bonchev–Trinajstić information content (AvgIpc) is 2.32. The third-order valence-electron chi connectivity index (χ3n) is 3.36. The van der Waals surface area contributed by atoms with Gasteiger partial charge in [-0.2, -0.15) is 0 Å². The van der Waals surface area contributed by atoms with Crippen LogP contribution in [0.25, 0.3) is 10.9 Å². The van der Waals surface area contributed by atoms with Crippen LogP contribution in [-0.4, -0.2) is 12.0 Å². The summed E-state index contributed by atoms with van der Waals surface area (Å²) in [6.07, 6.45) is 2.25. The van der Waals surface area contributed by atoms with Crippen molar-refractivity contribution < 1.29 is 0 Å². The lowest BCUT2D eigenvalue weighted by Crippen LogP contribution is -2.00. The van der Waals surface area contributed by atoms with E-state index in [1.165, 1.54) is 22.2 Å². The molecule has 0 aliphatic heterocycles. The zero-order valence-electron chi connectivity index (χ0n) is 11.1. The lowest BCUT2D eigenvalue weighted by atomic mass is 10.0. The molecule has 0 saturated carbocycles. The zero-order valence-corrected chi connectivity index (χ0v) is 11.1. The van der Waals surface area contributed by atoms with Crippen LogP contribution in [0.5, 0.6) is 0 Å².